The number of rotatable bonds is 3. The molecule has 1 aliphatic heterocycles. The predicted octanol–water partition coefficient (Wildman–Crippen LogP) is 1.05. The topological polar surface area (TPSA) is 41.1 Å². The zero-order valence-corrected chi connectivity index (χ0v) is 9.89. The third kappa shape index (κ3) is 3.25. The molecule has 4 heteroatoms. The van der Waals surface area contributed by atoms with Gasteiger partial charge in [0.05, 0.1) is 5.69 Å². The van der Waals surface area contributed by atoms with Crippen LogP contribution < -0.4 is 5.32 Å². The summed E-state index contributed by atoms with van der Waals surface area (Å²) >= 11 is 0. The van der Waals surface area contributed by atoms with Crippen molar-refractivity contribution in [2.75, 3.05) is 20.1 Å². The van der Waals surface area contributed by atoms with Crippen LogP contribution in [0.15, 0.2) is 18.6 Å². The van der Waals surface area contributed by atoms with Gasteiger partial charge in [0.1, 0.15) is 6.33 Å². The van der Waals surface area contributed by atoms with E-state index in [1.807, 2.05) is 12.3 Å². The lowest BCUT2D eigenvalue weighted by Crippen LogP contribution is -2.32. The minimum Gasteiger partial charge on any atom is -0.317 e. The van der Waals surface area contributed by atoms with E-state index >= 15 is 0 Å². The van der Waals surface area contributed by atoms with E-state index in [1.54, 1.807) is 6.33 Å². The summed E-state index contributed by atoms with van der Waals surface area (Å²) in [6.45, 7) is 3.23. The Hall–Kier alpha value is -1.00. The summed E-state index contributed by atoms with van der Waals surface area (Å²) in [5.74, 6) is 0. The standard InChI is InChI=1S/C12H20N4/c1-16(9-11-4-7-14-10-15-11)12-3-2-6-13-8-5-12/h4,7,10,12-13H,2-3,5-6,8-9H2,1H3. The quantitative estimate of drug-likeness (QED) is 0.826. The Balaban J connectivity index is 1.89. The molecule has 0 aliphatic carbocycles. The molecule has 1 aromatic rings. The van der Waals surface area contributed by atoms with E-state index in [2.05, 4.69) is 27.2 Å². The molecule has 88 valence electrons. The van der Waals surface area contributed by atoms with Gasteiger partial charge in [-0.15, -0.1) is 0 Å². The average Bonchev–Trinajstić information content (AvgIpc) is 2.59. The molecule has 0 radical (unpaired) electrons. The lowest BCUT2D eigenvalue weighted by molar-refractivity contribution is 0.214. The van der Waals surface area contributed by atoms with Gasteiger partial charge < -0.3 is 5.32 Å². The molecule has 0 aromatic carbocycles. The van der Waals surface area contributed by atoms with Gasteiger partial charge in [0.25, 0.3) is 0 Å². The largest absolute Gasteiger partial charge is 0.317 e. The van der Waals surface area contributed by atoms with Gasteiger partial charge in [-0.3, -0.25) is 4.90 Å². The second-order valence-electron chi connectivity index (χ2n) is 4.45. The normalized spacial score (nSPS) is 22.0. The first-order valence-electron chi connectivity index (χ1n) is 6.02. The summed E-state index contributed by atoms with van der Waals surface area (Å²) in [6.07, 6.45) is 7.23. The highest BCUT2D eigenvalue weighted by Gasteiger charge is 2.16. The van der Waals surface area contributed by atoms with Crippen LogP contribution in [0.4, 0.5) is 0 Å². The number of nitrogens with zero attached hydrogens (tertiary/aromatic N) is 3. The van der Waals surface area contributed by atoms with Gasteiger partial charge in [0.15, 0.2) is 0 Å². The molecular weight excluding hydrogens is 200 g/mol. The van der Waals surface area contributed by atoms with Crippen LogP contribution in [-0.4, -0.2) is 41.0 Å². The van der Waals surface area contributed by atoms with Crippen molar-refractivity contribution in [2.45, 2.75) is 31.8 Å². The highest BCUT2D eigenvalue weighted by atomic mass is 15.1. The zero-order chi connectivity index (χ0) is 11.2. The lowest BCUT2D eigenvalue weighted by atomic mass is 10.1. The Kier molecular flexibility index (Phi) is 4.25. The van der Waals surface area contributed by atoms with Crippen LogP contribution in [0.3, 0.4) is 0 Å². The maximum atomic E-state index is 4.27. The molecule has 2 heterocycles. The Morgan fingerprint density at radius 1 is 1.44 bits per heavy atom. The lowest BCUT2D eigenvalue weighted by Gasteiger charge is -2.26. The molecule has 0 amide bonds. The van der Waals surface area contributed by atoms with Gasteiger partial charge in [-0.05, 0) is 45.5 Å². The zero-order valence-electron chi connectivity index (χ0n) is 9.89. The molecular formula is C12H20N4. The minimum absolute atomic E-state index is 0.685. The van der Waals surface area contributed by atoms with Gasteiger partial charge in [0.2, 0.25) is 0 Å². The Morgan fingerprint density at radius 2 is 2.38 bits per heavy atom. The SMILES string of the molecule is CN(Cc1ccncn1)C1CCCNCC1. The van der Waals surface area contributed by atoms with Gasteiger partial charge in [0, 0.05) is 18.8 Å². The van der Waals surface area contributed by atoms with Crippen LogP contribution in [0, 0.1) is 0 Å². The number of aromatic nitrogens is 2. The van der Waals surface area contributed by atoms with Gasteiger partial charge >= 0.3 is 0 Å². The minimum atomic E-state index is 0.685. The van der Waals surface area contributed by atoms with Crippen LogP contribution in [-0.2, 0) is 6.54 Å². The highest BCUT2D eigenvalue weighted by molar-refractivity contribution is 4.97. The molecule has 2 rings (SSSR count). The third-order valence-electron chi connectivity index (χ3n) is 3.22. The summed E-state index contributed by atoms with van der Waals surface area (Å²) in [6, 6.07) is 2.68. The van der Waals surface area contributed by atoms with E-state index in [-0.39, 0.29) is 0 Å². The van der Waals surface area contributed by atoms with Crippen molar-refractivity contribution in [3.63, 3.8) is 0 Å². The fraction of sp³-hybridized carbons (Fsp3) is 0.667. The predicted molar refractivity (Wildman–Crippen MR) is 64.0 cm³/mol. The second kappa shape index (κ2) is 5.92. The molecule has 0 saturated carbocycles. The second-order valence-corrected chi connectivity index (χ2v) is 4.45. The van der Waals surface area contributed by atoms with Crippen LogP contribution in [0.25, 0.3) is 0 Å². The van der Waals surface area contributed by atoms with E-state index in [0.29, 0.717) is 6.04 Å². The molecule has 1 fully saturated rings. The molecule has 16 heavy (non-hydrogen) atoms. The fourth-order valence-electron chi connectivity index (χ4n) is 2.24. The summed E-state index contributed by atoms with van der Waals surface area (Å²) in [7, 11) is 2.19. The maximum Gasteiger partial charge on any atom is 0.115 e. The third-order valence-corrected chi connectivity index (χ3v) is 3.22. The number of nitrogens with one attached hydrogen (secondary N) is 1. The fourth-order valence-corrected chi connectivity index (χ4v) is 2.24. The van der Waals surface area contributed by atoms with Crippen molar-refractivity contribution >= 4 is 0 Å². The van der Waals surface area contributed by atoms with Crippen LogP contribution >= 0.6 is 0 Å². The monoisotopic (exact) mass is 220 g/mol. The van der Waals surface area contributed by atoms with Crippen molar-refractivity contribution in [3.05, 3.63) is 24.3 Å². The van der Waals surface area contributed by atoms with Crippen molar-refractivity contribution in [3.8, 4) is 0 Å². The first-order chi connectivity index (χ1) is 7.86. The first kappa shape index (κ1) is 11.5. The molecule has 1 unspecified atom stereocenters. The van der Waals surface area contributed by atoms with E-state index in [4.69, 9.17) is 0 Å². The van der Waals surface area contributed by atoms with Crippen LogP contribution in [0.5, 0.6) is 0 Å². The van der Waals surface area contributed by atoms with Crippen molar-refractivity contribution in [1.82, 2.24) is 20.2 Å². The molecule has 0 bridgehead atoms. The summed E-state index contributed by atoms with van der Waals surface area (Å²) in [5, 5.41) is 3.44. The van der Waals surface area contributed by atoms with Crippen molar-refractivity contribution in [1.29, 1.82) is 0 Å². The Morgan fingerprint density at radius 3 is 3.19 bits per heavy atom. The first-order valence-corrected chi connectivity index (χ1v) is 6.02. The van der Waals surface area contributed by atoms with Gasteiger partial charge in [-0.1, -0.05) is 0 Å². The van der Waals surface area contributed by atoms with E-state index < -0.39 is 0 Å². The Bertz CT molecular complexity index is 293. The Labute approximate surface area is 97.1 Å². The van der Waals surface area contributed by atoms with Gasteiger partial charge in [-0.25, -0.2) is 9.97 Å². The molecule has 1 saturated heterocycles. The molecule has 1 N–H and O–H groups in total. The molecule has 1 aliphatic rings. The maximum absolute atomic E-state index is 4.27. The smallest absolute Gasteiger partial charge is 0.115 e. The summed E-state index contributed by atoms with van der Waals surface area (Å²) < 4.78 is 0. The summed E-state index contributed by atoms with van der Waals surface area (Å²) in [5.41, 5.74) is 1.11. The number of hydrogen-bond donors (Lipinski definition) is 1. The molecule has 1 aromatic heterocycles. The van der Waals surface area contributed by atoms with E-state index in [0.717, 1.165) is 25.3 Å². The average molecular weight is 220 g/mol. The van der Waals surface area contributed by atoms with Gasteiger partial charge in [-0.2, -0.15) is 0 Å². The van der Waals surface area contributed by atoms with Crippen molar-refractivity contribution < 1.29 is 0 Å². The number of hydrogen-bond acceptors (Lipinski definition) is 4. The molecule has 1 atom stereocenters. The van der Waals surface area contributed by atoms with E-state index in [1.165, 1.54) is 19.3 Å². The molecule has 4 nitrogen and oxygen atoms in total. The van der Waals surface area contributed by atoms with Crippen molar-refractivity contribution in [2.24, 2.45) is 0 Å². The highest BCUT2D eigenvalue weighted by Crippen LogP contribution is 2.13. The summed E-state index contributed by atoms with van der Waals surface area (Å²) in [4.78, 5) is 10.6. The van der Waals surface area contributed by atoms with E-state index in [9.17, 15) is 0 Å². The van der Waals surface area contributed by atoms with Crippen LogP contribution in [0.2, 0.25) is 0 Å². The van der Waals surface area contributed by atoms with Crippen LogP contribution in [0.1, 0.15) is 25.0 Å². The molecule has 0 spiro atoms.